The Labute approximate surface area is 107 Å². The van der Waals surface area contributed by atoms with Crippen LogP contribution < -0.4 is 5.32 Å². The molecule has 1 aliphatic rings. The first-order valence-electron chi connectivity index (χ1n) is 7.20. The van der Waals surface area contributed by atoms with Crippen molar-refractivity contribution < 1.29 is 0 Å². The normalized spacial score (nSPS) is 17.1. The monoisotopic (exact) mass is 236 g/mol. The van der Waals surface area contributed by atoms with Gasteiger partial charge in [-0.15, -0.1) is 6.42 Å². The zero-order chi connectivity index (χ0) is 12.5. The first-order chi connectivity index (χ1) is 8.31. The predicted molar refractivity (Wildman–Crippen MR) is 75.0 cm³/mol. The molecule has 0 aromatic rings. The van der Waals surface area contributed by atoms with Crippen molar-refractivity contribution in [2.75, 3.05) is 26.2 Å². The standard InChI is InChI=1S/C15H28N2/c1-4-7-15(12-16-10-5-2)17(11-6-3)13-14-8-9-14/h3,14-16H,4-5,7-13H2,1-2H3. The van der Waals surface area contributed by atoms with Gasteiger partial charge in [0.25, 0.3) is 0 Å². The summed E-state index contributed by atoms with van der Waals surface area (Å²) in [5.41, 5.74) is 0. The summed E-state index contributed by atoms with van der Waals surface area (Å²) in [7, 11) is 0. The van der Waals surface area contributed by atoms with Gasteiger partial charge in [-0.3, -0.25) is 4.90 Å². The second-order valence-corrected chi connectivity index (χ2v) is 5.22. The van der Waals surface area contributed by atoms with Gasteiger partial charge in [-0.2, -0.15) is 0 Å². The van der Waals surface area contributed by atoms with E-state index in [-0.39, 0.29) is 0 Å². The highest BCUT2D eigenvalue weighted by Gasteiger charge is 2.27. The van der Waals surface area contributed by atoms with Crippen LogP contribution in [0.5, 0.6) is 0 Å². The molecule has 0 spiro atoms. The summed E-state index contributed by atoms with van der Waals surface area (Å²) >= 11 is 0. The van der Waals surface area contributed by atoms with Crippen molar-refractivity contribution in [3.05, 3.63) is 0 Å². The van der Waals surface area contributed by atoms with Crippen LogP contribution in [0.1, 0.15) is 46.0 Å². The predicted octanol–water partition coefficient (Wildman–Crippen LogP) is 2.50. The van der Waals surface area contributed by atoms with Crippen molar-refractivity contribution in [2.45, 2.75) is 52.0 Å². The second kappa shape index (κ2) is 8.55. The van der Waals surface area contributed by atoms with Gasteiger partial charge in [-0.1, -0.05) is 26.2 Å². The Bertz CT molecular complexity index is 228. The van der Waals surface area contributed by atoms with Crippen molar-refractivity contribution >= 4 is 0 Å². The largest absolute Gasteiger partial charge is 0.315 e. The molecular weight excluding hydrogens is 208 g/mol. The van der Waals surface area contributed by atoms with Crippen LogP contribution in [0.25, 0.3) is 0 Å². The van der Waals surface area contributed by atoms with E-state index in [1.54, 1.807) is 0 Å². The lowest BCUT2D eigenvalue weighted by Crippen LogP contribution is -2.43. The van der Waals surface area contributed by atoms with Crippen molar-refractivity contribution in [1.29, 1.82) is 0 Å². The lowest BCUT2D eigenvalue weighted by Gasteiger charge is -2.30. The fraction of sp³-hybridized carbons (Fsp3) is 0.867. The third kappa shape index (κ3) is 6.10. The van der Waals surface area contributed by atoms with E-state index in [4.69, 9.17) is 6.42 Å². The molecule has 0 heterocycles. The summed E-state index contributed by atoms with van der Waals surface area (Å²) in [6.45, 7) is 8.71. The van der Waals surface area contributed by atoms with Gasteiger partial charge in [0.05, 0.1) is 6.54 Å². The fourth-order valence-electron chi connectivity index (χ4n) is 2.28. The summed E-state index contributed by atoms with van der Waals surface area (Å²) in [6.07, 6.45) is 12.0. The molecule has 0 bridgehead atoms. The van der Waals surface area contributed by atoms with Crippen LogP contribution in [0.2, 0.25) is 0 Å². The van der Waals surface area contributed by atoms with Gasteiger partial charge in [0, 0.05) is 19.1 Å². The molecule has 2 heteroatoms. The summed E-state index contributed by atoms with van der Waals surface area (Å²) in [6, 6.07) is 0.628. The average molecular weight is 236 g/mol. The highest BCUT2D eigenvalue weighted by atomic mass is 15.2. The molecule has 0 aromatic heterocycles. The number of hydrogen-bond acceptors (Lipinski definition) is 2. The minimum absolute atomic E-state index is 0.628. The Kier molecular flexibility index (Phi) is 7.32. The molecular formula is C15H28N2. The molecule has 0 aliphatic heterocycles. The van der Waals surface area contributed by atoms with Gasteiger partial charge in [0.15, 0.2) is 0 Å². The van der Waals surface area contributed by atoms with Crippen LogP contribution in [-0.2, 0) is 0 Å². The quantitative estimate of drug-likeness (QED) is 0.463. The molecule has 1 N–H and O–H groups in total. The highest BCUT2D eigenvalue weighted by Crippen LogP contribution is 2.30. The first kappa shape index (κ1) is 14.5. The molecule has 1 unspecified atom stereocenters. The van der Waals surface area contributed by atoms with E-state index in [0.29, 0.717) is 6.04 Å². The molecule has 0 amide bonds. The topological polar surface area (TPSA) is 15.3 Å². The fourth-order valence-corrected chi connectivity index (χ4v) is 2.28. The number of nitrogens with one attached hydrogen (secondary N) is 1. The van der Waals surface area contributed by atoms with Crippen LogP contribution in [-0.4, -0.2) is 37.1 Å². The molecule has 2 nitrogen and oxygen atoms in total. The van der Waals surface area contributed by atoms with Crippen LogP contribution in [0.3, 0.4) is 0 Å². The number of hydrogen-bond donors (Lipinski definition) is 1. The van der Waals surface area contributed by atoms with Crippen molar-refractivity contribution in [2.24, 2.45) is 5.92 Å². The summed E-state index contributed by atoms with van der Waals surface area (Å²) < 4.78 is 0. The molecule has 1 rings (SSSR count). The Morgan fingerprint density at radius 2 is 2.12 bits per heavy atom. The minimum Gasteiger partial charge on any atom is -0.315 e. The van der Waals surface area contributed by atoms with Crippen LogP contribution in [0.15, 0.2) is 0 Å². The molecule has 1 saturated carbocycles. The SMILES string of the molecule is C#CCN(CC1CC1)C(CCC)CNCCC. The van der Waals surface area contributed by atoms with Gasteiger partial charge in [0.2, 0.25) is 0 Å². The molecule has 17 heavy (non-hydrogen) atoms. The number of nitrogens with zero attached hydrogens (tertiary/aromatic N) is 1. The summed E-state index contributed by atoms with van der Waals surface area (Å²) in [4.78, 5) is 2.52. The van der Waals surface area contributed by atoms with Crippen molar-refractivity contribution in [3.8, 4) is 12.3 Å². The molecule has 1 atom stereocenters. The highest BCUT2D eigenvalue weighted by molar-refractivity contribution is 4.93. The van der Waals surface area contributed by atoms with Gasteiger partial charge >= 0.3 is 0 Å². The molecule has 1 aliphatic carbocycles. The molecule has 98 valence electrons. The number of terminal acetylenes is 1. The van der Waals surface area contributed by atoms with E-state index in [1.807, 2.05) is 0 Å². The Hall–Kier alpha value is -0.520. The van der Waals surface area contributed by atoms with E-state index in [1.165, 1.54) is 38.6 Å². The maximum absolute atomic E-state index is 5.50. The molecule has 1 fully saturated rings. The van der Waals surface area contributed by atoms with Crippen LogP contribution >= 0.6 is 0 Å². The van der Waals surface area contributed by atoms with Crippen molar-refractivity contribution in [1.82, 2.24) is 10.2 Å². The lowest BCUT2D eigenvalue weighted by molar-refractivity contribution is 0.195. The summed E-state index contributed by atoms with van der Waals surface area (Å²) in [5.74, 6) is 3.75. The first-order valence-corrected chi connectivity index (χ1v) is 7.20. The van der Waals surface area contributed by atoms with E-state index in [9.17, 15) is 0 Å². The van der Waals surface area contributed by atoms with Gasteiger partial charge in [0.1, 0.15) is 0 Å². The third-order valence-corrected chi connectivity index (χ3v) is 3.43. The summed E-state index contributed by atoms with van der Waals surface area (Å²) in [5, 5.41) is 3.54. The van der Waals surface area contributed by atoms with Gasteiger partial charge < -0.3 is 5.32 Å². The zero-order valence-electron chi connectivity index (χ0n) is 11.5. The maximum atomic E-state index is 5.50. The van der Waals surface area contributed by atoms with E-state index in [2.05, 4.69) is 30.0 Å². The third-order valence-electron chi connectivity index (χ3n) is 3.43. The zero-order valence-corrected chi connectivity index (χ0v) is 11.5. The molecule has 0 saturated heterocycles. The lowest BCUT2D eigenvalue weighted by atomic mass is 10.1. The average Bonchev–Trinajstić information content (AvgIpc) is 3.12. The molecule has 0 radical (unpaired) electrons. The van der Waals surface area contributed by atoms with Gasteiger partial charge in [-0.25, -0.2) is 0 Å². The minimum atomic E-state index is 0.628. The second-order valence-electron chi connectivity index (χ2n) is 5.22. The Morgan fingerprint density at radius 3 is 2.65 bits per heavy atom. The Balaban J connectivity index is 2.40. The number of rotatable bonds is 10. The van der Waals surface area contributed by atoms with E-state index in [0.717, 1.165) is 25.6 Å². The molecule has 0 aromatic carbocycles. The van der Waals surface area contributed by atoms with Gasteiger partial charge in [-0.05, 0) is 38.1 Å². The Morgan fingerprint density at radius 1 is 1.35 bits per heavy atom. The smallest absolute Gasteiger partial charge is 0.0601 e. The maximum Gasteiger partial charge on any atom is 0.0601 e. The van der Waals surface area contributed by atoms with Crippen LogP contribution in [0, 0.1) is 18.3 Å². The van der Waals surface area contributed by atoms with Crippen LogP contribution in [0.4, 0.5) is 0 Å². The van der Waals surface area contributed by atoms with E-state index < -0.39 is 0 Å². The van der Waals surface area contributed by atoms with Crippen molar-refractivity contribution in [3.63, 3.8) is 0 Å². The van der Waals surface area contributed by atoms with E-state index >= 15 is 0 Å².